The fourth-order valence-corrected chi connectivity index (χ4v) is 3.89. The Morgan fingerprint density at radius 2 is 1.69 bits per heavy atom. The van der Waals surface area contributed by atoms with Gasteiger partial charge in [0.2, 0.25) is 0 Å². The maximum atomic E-state index is 12.6. The van der Waals surface area contributed by atoms with Gasteiger partial charge < -0.3 is 14.2 Å². The van der Waals surface area contributed by atoms with Crippen LogP contribution in [0.2, 0.25) is 0 Å². The smallest absolute Gasteiger partial charge is 0.412 e. The second kappa shape index (κ2) is 10.6. The van der Waals surface area contributed by atoms with Crippen LogP contribution in [0.25, 0.3) is 22.0 Å². The molecule has 186 valence electrons. The Bertz CT molecular complexity index is 1380. The number of hydrogen-bond donors (Lipinski definition) is 1. The minimum absolute atomic E-state index is 0.523. The highest BCUT2D eigenvalue weighted by Gasteiger charge is 2.18. The Morgan fingerprint density at radius 3 is 2.44 bits per heavy atom. The topological polar surface area (TPSA) is 82.6 Å². The fraction of sp³-hybridized carbons (Fsp3) is 0.276. The van der Waals surface area contributed by atoms with Gasteiger partial charge in [-0.25, -0.2) is 14.8 Å². The highest BCUT2D eigenvalue weighted by atomic mass is 16.6. The highest BCUT2D eigenvalue weighted by molar-refractivity contribution is 6.03. The van der Waals surface area contributed by atoms with Crippen molar-refractivity contribution in [2.75, 3.05) is 19.5 Å². The zero-order valence-corrected chi connectivity index (χ0v) is 21.3. The number of benzene rings is 3. The molecule has 0 saturated carbocycles. The molecule has 7 nitrogen and oxygen atoms in total. The summed E-state index contributed by atoms with van der Waals surface area (Å²) in [6.07, 6.45) is 2.73. The van der Waals surface area contributed by atoms with Crippen LogP contribution in [0.5, 0.6) is 11.5 Å². The second-order valence-electron chi connectivity index (χ2n) is 9.45. The van der Waals surface area contributed by atoms with Crippen molar-refractivity contribution in [2.45, 2.75) is 39.2 Å². The molecule has 4 rings (SSSR count). The molecular formula is C29H31N3O4. The first kappa shape index (κ1) is 25.0. The van der Waals surface area contributed by atoms with E-state index in [-0.39, 0.29) is 0 Å². The largest absolute Gasteiger partial charge is 0.497 e. The standard InChI is InChI=1S/C29H31N3O4/c1-29(2,3)36-28(33)32-26-17-21(16-20-10-11-23(35-5)18-24(20)26)25-13-14-30-27(31-25)12-9-19-7-6-8-22(15-19)34-4/h6-8,10-11,13-18H,9,12H2,1-5H3,(H,32,33). The van der Waals surface area contributed by atoms with Gasteiger partial charge in [-0.15, -0.1) is 0 Å². The lowest BCUT2D eigenvalue weighted by Crippen LogP contribution is -2.27. The maximum Gasteiger partial charge on any atom is 0.412 e. The summed E-state index contributed by atoms with van der Waals surface area (Å²) in [4.78, 5) is 21.9. The molecule has 0 saturated heterocycles. The number of fused-ring (bicyclic) bond motifs is 1. The molecule has 0 spiro atoms. The molecule has 7 heteroatoms. The molecule has 1 amide bonds. The minimum atomic E-state index is -0.612. The molecule has 1 aromatic heterocycles. The number of aryl methyl sites for hydroxylation is 2. The van der Waals surface area contributed by atoms with E-state index < -0.39 is 11.7 Å². The van der Waals surface area contributed by atoms with Gasteiger partial charge in [-0.3, -0.25) is 5.32 Å². The quantitative estimate of drug-likeness (QED) is 0.324. The number of carbonyl (C=O) groups excluding carboxylic acids is 1. The summed E-state index contributed by atoms with van der Waals surface area (Å²) in [6, 6.07) is 19.6. The van der Waals surface area contributed by atoms with Crippen LogP contribution < -0.4 is 14.8 Å². The lowest BCUT2D eigenvalue weighted by Gasteiger charge is -2.20. The molecule has 1 N–H and O–H groups in total. The summed E-state index contributed by atoms with van der Waals surface area (Å²) in [5.74, 6) is 2.27. The van der Waals surface area contributed by atoms with Gasteiger partial charge in [-0.2, -0.15) is 0 Å². The highest BCUT2D eigenvalue weighted by Crippen LogP contribution is 2.33. The van der Waals surface area contributed by atoms with Crippen LogP contribution in [0.4, 0.5) is 10.5 Å². The predicted molar refractivity (Wildman–Crippen MR) is 142 cm³/mol. The lowest BCUT2D eigenvalue weighted by atomic mass is 10.0. The van der Waals surface area contributed by atoms with Gasteiger partial charge >= 0.3 is 6.09 Å². The van der Waals surface area contributed by atoms with Crippen LogP contribution in [0.1, 0.15) is 32.2 Å². The molecule has 1 heterocycles. The normalized spacial score (nSPS) is 11.2. The summed E-state index contributed by atoms with van der Waals surface area (Å²) in [7, 11) is 3.28. The van der Waals surface area contributed by atoms with Crippen LogP contribution in [0.3, 0.4) is 0 Å². The van der Waals surface area contributed by atoms with Crippen LogP contribution in [0, 0.1) is 0 Å². The van der Waals surface area contributed by atoms with Gasteiger partial charge in [0.1, 0.15) is 22.9 Å². The van der Waals surface area contributed by atoms with Crippen molar-refractivity contribution in [1.82, 2.24) is 9.97 Å². The Kier molecular flexibility index (Phi) is 7.38. The van der Waals surface area contributed by atoms with Crippen molar-refractivity contribution in [3.8, 4) is 22.8 Å². The molecule has 0 radical (unpaired) electrons. The number of nitrogens with zero attached hydrogens (tertiary/aromatic N) is 2. The van der Waals surface area contributed by atoms with E-state index in [1.807, 2.05) is 75.4 Å². The molecule has 0 unspecified atom stereocenters. The van der Waals surface area contributed by atoms with E-state index in [2.05, 4.69) is 16.4 Å². The van der Waals surface area contributed by atoms with E-state index in [0.29, 0.717) is 17.9 Å². The Morgan fingerprint density at radius 1 is 0.917 bits per heavy atom. The van der Waals surface area contributed by atoms with Crippen molar-refractivity contribution in [3.63, 3.8) is 0 Å². The fourth-order valence-electron chi connectivity index (χ4n) is 3.89. The summed E-state index contributed by atoms with van der Waals surface area (Å²) in [6.45, 7) is 5.49. The van der Waals surface area contributed by atoms with Crippen molar-refractivity contribution in [2.24, 2.45) is 0 Å². The minimum Gasteiger partial charge on any atom is -0.497 e. The number of carbonyl (C=O) groups is 1. The predicted octanol–water partition coefficient (Wildman–Crippen LogP) is 6.45. The summed E-state index contributed by atoms with van der Waals surface area (Å²) in [5, 5.41) is 4.69. The zero-order chi connectivity index (χ0) is 25.7. The van der Waals surface area contributed by atoms with E-state index in [9.17, 15) is 4.79 Å². The van der Waals surface area contributed by atoms with Crippen molar-refractivity contribution >= 4 is 22.6 Å². The van der Waals surface area contributed by atoms with Gasteiger partial charge in [0.15, 0.2) is 0 Å². The third-order valence-corrected chi connectivity index (χ3v) is 5.57. The van der Waals surface area contributed by atoms with Gasteiger partial charge in [-0.1, -0.05) is 18.2 Å². The monoisotopic (exact) mass is 485 g/mol. The lowest BCUT2D eigenvalue weighted by molar-refractivity contribution is 0.0636. The molecular weight excluding hydrogens is 454 g/mol. The molecule has 3 aromatic carbocycles. The summed E-state index contributed by atoms with van der Waals surface area (Å²) in [5.41, 5.74) is 2.80. The van der Waals surface area contributed by atoms with Crippen molar-refractivity contribution < 1.29 is 19.0 Å². The third-order valence-electron chi connectivity index (χ3n) is 5.57. The average molecular weight is 486 g/mol. The van der Waals surface area contributed by atoms with Gasteiger partial charge in [-0.05, 0) is 80.6 Å². The summed E-state index contributed by atoms with van der Waals surface area (Å²) < 4.78 is 16.2. The SMILES string of the molecule is COc1cccc(CCc2nccc(-c3cc(NC(=O)OC(C)(C)C)c4cc(OC)ccc4c3)n2)c1. The molecule has 36 heavy (non-hydrogen) atoms. The van der Waals surface area contributed by atoms with Crippen LogP contribution in [-0.4, -0.2) is 35.9 Å². The molecule has 0 aliphatic carbocycles. The number of aromatic nitrogens is 2. The van der Waals surface area contributed by atoms with E-state index in [0.717, 1.165) is 45.6 Å². The van der Waals surface area contributed by atoms with E-state index in [1.165, 1.54) is 0 Å². The molecule has 0 aliphatic rings. The first-order chi connectivity index (χ1) is 17.2. The van der Waals surface area contributed by atoms with E-state index >= 15 is 0 Å². The first-order valence-electron chi connectivity index (χ1n) is 11.8. The first-order valence-corrected chi connectivity index (χ1v) is 11.8. The van der Waals surface area contributed by atoms with Gasteiger partial charge in [0.25, 0.3) is 0 Å². The van der Waals surface area contributed by atoms with Crippen molar-refractivity contribution in [1.29, 1.82) is 0 Å². The number of anilines is 1. The number of hydrogen-bond acceptors (Lipinski definition) is 6. The second-order valence-corrected chi connectivity index (χ2v) is 9.45. The number of ether oxygens (including phenoxy) is 3. The molecule has 0 fully saturated rings. The Balaban J connectivity index is 1.65. The number of nitrogens with one attached hydrogen (secondary N) is 1. The van der Waals surface area contributed by atoms with Crippen LogP contribution >= 0.6 is 0 Å². The number of amides is 1. The number of rotatable bonds is 7. The molecule has 0 aliphatic heterocycles. The third kappa shape index (κ3) is 6.30. The van der Waals surface area contributed by atoms with Crippen LogP contribution in [0.15, 0.2) is 66.9 Å². The van der Waals surface area contributed by atoms with E-state index in [4.69, 9.17) is 19.2 Å². The molecule has 0 atom stereocenters. The van der Waals surface area contributed by atoms with Gasteiger partial charge in [0, 0.05) is 23.6 Å². The summed E-state index contributed by atoms with van der Waals surface area (Å²) >= 11 is 0. The van der Waals surface area contributed by atoms with Crippen molar-refractivity contribution in [3.05, 3.63) is 78.2 Å². The van der Waals surface area contributed by atoms with Gasteiger partial charge in [0.05, 0.1) is 25.6 Å². The van der Waals surface area contributed by atoms with E-state index in [1.54, 1.807) is 20.4 Å². The molecule has 4 aromatic rings. The Labute approximate surface area is 211 Å². The van der Waals surface area contributed by atoms with Crippen LogP contribution in [-0.2, 0) is 17.6 Å². The average Bonchev–Trinajstić information content (AvgIpc) is 2.86. The number of methoxy groups -OCH3 is 2. The Hall–Kier alpha value is -4.13. The maximum absolute atomic E-state index is 12.6. The molecule has 0 bridgehead atoms. The zero-order valence-electron chi connectivity index (χ0n) is 21.3.